The lowest BCUT2D eigenvalue weighted by molar-refractivity contribution is -0.109. The monoisotopic (exact) mass is 396 g/mol. The van der Waals surface area contributed by atoms with E-state index in [4.69, 9.17) is 11.6 Å². The summed E-state index contributed by atoms with van der Waals surface area (Å²) in [6.07, 6.45) is 2.31. The number of hydrogen-bond acceptors (Lipinski definition) is 7. The van der Waals surface area contributed by atoms with Gasteiger partial charge in [-0.05, 0) is 36.2 Å². The molecule has 3 rings (SSSR count). The zero-order valence-corrected chi connectivity index (χ0v) is 16.0. The fourth-order valence-electron chi connectivity index (χ4n) is 2.92. The number of rotatable bonds is 7. The molecule has 2 heterocycles. The molecule has 0 saturated heterocycles. The highest BCUT2D eigenvalue weighted by atomic mass is 19.1. The molecule has 1 atom stereocenters. The van der Waals surface area contributed by atoms with Crippen LogP contribution in [0.4, 0.5) is 21.7 Å². The van der Waals surface area contributed by atoms with Crippen LogP contribution in [0, 0.1) is 11.7 Å². The van der Waals surface area contributed by atoms with Gasteiger partial charge in [-0.3, -0.25) is 14.8 Å². The van der Waals surface area contributed by atoms with E-state index in [1.807, 2.05) is 6.07 Å². The number of aromatic nitrogens is 2. The molecule has 2 aromatic heterocycles. The van der Waals surface area contributed by atoms with Crippen molar-refractivity contribution in [3.63, 3.8) is 0 Å². The molecule has 0 aliphatic carbocycles. The zero-order valence-electron chi connectivity index (χ0n) is 16.0. The van der Waals surface area contributed by atoms with E-state index in [0.29, 0.717) is 12.0 Å². The minimum Gasteiger partial charge on any atom is -0.365 e. The minimum absolute atomic E-state index is 0.0287. The lowest BCUT2D eigenvalue weighted by Gasteiger charge is -2.27. The van der Waals surface area contributed by atoms with E-state index >= 15 is 0 Å². The smallest absolute Gasteiger partial charge is 0.252 e. The van der Waals surface area contributed by atoms with Gasteiger partial charge < -0.3 is 15.8 Å². The first-order chi connectivity index (χ1) is 13.8. The van der Waals surface area contributed by atoms with Gasteiger partial charge in [0.05, 0.1) is 11.1 Å². The molecule has 0 unspecified atom stereocenters. The Bertz CT molecular complexity index is 1070. The molecule has 0 fully saturated rings. The normalized spacial score (nSPS) is 12.0. The van der Waals surface area contributed by atoms with Gasteiger partial charge in [0.1, 0.15) is 18.1 Å². The molecule has 8 nitrogen and oxygen atoms in total. The number of nitrogens with one attached hydrogen (secondary N) is 1. The average Bonchev–Trinajstić information content (AvgIpc) is 2.68. The molecular formula is C20H21FN6O2. The number of anilines is 3. The number of primary amides is 1. The number of hydrogen-bond donors (Lipinski definition) is 3. The molecule has 0 radical (unpaired) electrons. The van der Waals surface area contributed by atoms with Gasteiger partial charge in [-0.1, -0.05) is 19.9 Å². The number of benzene rings is 1. The highest BCUT2D eigenvalue weighted by molar-refractivity contribution is 5.99. The molecule has 9 heteroatoms. The fourth-order valence-corrected chi connectivity index (χ4v) is 2.92. The molecule has 0 spiro atoms. The Labute approximate surface area is 166 Å². The number of carbonyl (C=O) groups excluding carboxylic acids is 2. The first-order valence-electron chi connectivity index (χ1n) is 8.93. The summed E-state index contributed by atoms with van der Waals surface area (Å²) in [5.74, 6) is 3.82. The van der Waals surface area contributed by atoms with Gasteiger partial charge in [0.15, 0.2) is 11.6 Å². The Morgan fingerprint density at radius 1 is 1.28 bits per heavy atom. The Morgan fingerprint density at radius 3 is 2.69 bits per heavy atom. The van der Waals surface area contributed by atoms with Crippen LogP contribution in [0.2, 0.25) is 0 Å². The number of hydrazine groups is 1. The van der Waals surface area contributed by atoms with Crippen LogP contribution in [0.3, 0.4) is 0 Å². The highest BCUT2D eigenvalue weighted by Gasteiger charge is 2.25. The topological polar surface area (TPSA) is 127 Å². The predicted octanol–water partition coefficient (Wildman–Crippen LogP) is 2.51. The molecule has 0 bridgehead atoms. The van der Waals surface area contributed by atoms with Gasteiger partial charge in [0.2, 0.25) is 0 Å². The maximum Gasteiger partial charge on any atom is 0.252 e. The maximum atomic E-state index is 14.6. The van der Waals surface area contributed by atoms with Crippen LogP contribution in [-0.2, 0) is 4.79 Å². The minimum atomic E-state index is -0.859. The van der Waals surface area contributed by atoms with Crippen molar-refractivity contribution in [2.24, 2.45) is 17.5 Å². The lowest BCUT2D eigenvalue weighted by atomic mass is 10.1. The van der Waals surface area contributed by atoms with Crippen molar-refractivity contribution < 1.29 is 14.0 Å². The van der Waals surface area contributed by atoms with E-state index < -0.39 is 17.8 Å². The van der Waals surface area contributed by atoms with Crippen molar-refractivity contribution in [1.82, 2.24) is 9.97 Å². The molecule has 150 valence electrons. The molecule has 0 aliphatic rings. The molecular weight excluding hydrogens is 375 g/mol. The Morgan fingerprint density at radius 2 is 2.03 bits per heavy atom. The van der Waals surface area contributed by atoms with E-state index in [1.165, 1.54) is 0 Å². The van der Waals surface area contributed by atoms with Crippen molar-refractivity contribution in [2.75, 3.05) is 10.3 Å². The van der Waals surface area contributed by atoms with Crippen molar-refractivity contribution >= 4 is 40.4 Å². The van der Waals surface area contributed by atoms with Gasteiger partial charge in [-0.15, -0.1) is 0 Å². The second-order valence-corrected chi connectivity index (χ2v) is 6.87. The summed E-state index contributed by atoms with van der Waals surface area (Å²) < 4.78 is 14.6. The zero-order chi connectivity index (χ0) is 21.1. The molecule has 3 aromatic rings. The van der Waals surface area contributed by atoms with Crippen LogP contribution in [0.1, 0.15) is 24.2 Å². The summed E-state index contributed by atoms with van der Waals surface area (Å²) in [7, 11) is 0. The van der Waals surface area contributed by atoms with Gasteiger partial charge in [0, 0.05) is 17.3 Å². The van der Waals surface area contributed by atoms with E-state index in [1.54, 1.807) is 44.3 Å². The number of carbonyl (C=O) groups is 2. The summed E-state index contributed by atoms with van der Waals surface area (Å²) in [5.41, 5.74) is 6.64. The van der Waals surface area contributed by atoms with Gasteiger partial charge in [-0.2, -0.15) is 0 Å². The highest BCUT2D eigenvalue weighted by Crippen LogP contribution is 2.27. The number of amides is 1. The number of nitrogens with two attached hydrogens (primary N) is 2. The van der Waals surface area contributed by atoms with Gasteiger partial charge in [0.25, 0.3) is 5.91 Å². The van der Waals surface area contributed by atoms with Crippen molar-refractivity contribution in [3.8, 4) is 0 Å². The summed E-state index contributed by atoms with van der Waals surface area (Å²) >= 11 is 0. The Hall–Kier alpha value is -3.59. The third-order valence-electron chi connectivity index (χ3n) is 4.48. The Kier molecular flexibility index (Phi) is 5.69. The third kappa shape index (κ3) is 4.14. The fraction of sp³-hybridized carbons (Fsp3) is 0.200. The molecule has 1 amide bonds. The molecule has 1 aromatic carbocycles. The van der Waals surface area contributed by atoms with Crippen molar-refractivity contribution in [3.05, 3.63) is 54.0 Å². The van der Waals surface area contributed by atoms with E-state index in [2.05, 4.69) is 15.3 Å². The Balaban J connectivity index is 2.05. The standard InChI is InChI=1S/C20H21FN6O2/c1-11(2)17(10-28)27(23)20-15(21)9-14(18(22)29)19(26-20)25-13-5-6-16-12(8-13)4-3-7-24-16/h3-11,17H,23H2,1-2H3,(H2,22,29)(H,25,26)/t17-/m0/s1. The van der Waals surface area contributed by atoms with Crippen LogP contribution in [0.5, 0.6) is 0 Å². The average molecular weight is 396 g/mol. The predicted molar refractivity (Wildman–Crippen MR) is 109 cm³/mol. The van der Waals surface area contributed by atoms with Crippen LogP contribution < -0.4 is 21.9 Å². The van der Waals surface area contributed by atoms with Crippen LogP contribution in [-0.4, -0.2) is 28.2 Å². The first kappa shape index (κ1) is 20.2. The van der Waals surface area contributed by atoms with Crippen molar-refractivity contribution in [1.29, 1.82) is 0 Å². The first-order valence-corrected chi connectivity index (χ1v) is 8.93. The summed E-state index contributed by atoms with van der Waals surface area (Å²) in [6.45, 7) is 3.55. The van der Waals surface area contributed by atoms with E-state index in [9.17, 15) is 14.0 Å². The summed E-state index contributed by atoms with van der Waals surface area (Å²) in [4.78, 5) is 31.6. The molecule has 0 saturated carbocycles. The van der Waals surface area contributed by atoms with Crippen LogP contribution in [0.15, 0.2) is 42.6 Å². The van der Waals surface area contributed by atoms with E-state index in [0.717, 1.165) is 22.0 Å². The molecule has 0 aliphatic heterocycles. The molecule has 29 heavy (non-hydrogen) atoms. The van der Waals surface area contributed by atoms with Gasteiger partial charge >= 0.3 is 0 Å². The quantitative estimate of drug-likeness (QED) is 0.318. The largest absolute Gasteiger partial charge is 0.365 e. The van der Waals surface area contributed by atoms with E-state index in [-0.39, 0.29) is 23.1 Å². The second-order valence-electron chi connectivity index (χ2n) is 6.87. The summed E-state index contributed by atoms with van der Waals surface area (Å²) in [6, 6.07) is 9.18. The lowest BCUT2D eigenvalue weighted by Crippen LogP contribution is -2.46. The maximum absolute atomic E-state index is 14.6. The number of halogens is 1. The van der Waals surface area contributed by atoms with Crippen molar-refractivity contribution in [2.45, 2.75) is 19.9 Å². The number of fused-ring (bicyclic) bond motifs is 1. The van der Waals surface area contributed by atoms with Gasteiger partial charge in [-0.25, -0.2) is 15.2 Å². The van der Waals surface area contributed by atoms with Crippen LogP contribution in [0.25, 0.3) is 10.9 Å². The number of aldehydes is 1. The summed E-state index contributed by atoms with van der Waals surface area (Å²) in [5, 5.41) is 4.79. The molecule has 5 N–H and O–H groups in total. The number of nitrogens with zero attached hydrogens (tertiary/aromatic N) is 3. The SMILES string of the molecule is CC(C)[C@H](C=O)N(N)c1nc(Nc2ccc3ncccc3c2)c(C(N)=O)cc1F. The second kappa shape index (κ2) is 8.19. The van der Waals surface area contributed by atoms with Crippen LogP contribution >= 0.6 is 0 Å². The third-order valence-corrected chi connectivity index (χ3v) is 4.48. The number of pyridine rings is 2.